The number of aliphatic carboxylic acids is 1. The molecule has 11 nitrogen and oxygen atoms in total. The first kappa shape index (κ1) is 20.8. The van der Waals surface area contributed by atoms with Crippen molar-refractivity contribution < 1.29 is 29.4 Å². The molecule has 1 aromatic rings. The van der Waals surface area contributed by atoms with Crippen LogP contribution in [0.2, 0.25) is 0 Å². The second-order valence-corrected chi connectivity index (χ2v) is 7.87. The average Bonchev–Trinajstić information content (AvgIpc) is 3.13. The number of aromatic nitrogens is 1. The fourth-order valence-electron chi connectivity index (χ4n) is 2.77. The molecule has 0 saturated carbocycles. The third-order valence-corrected chi connectivity index (χ3v) is 6.07. The van der Waals surface area contributed by atoms with Crippen molar-refractivity contribution in [3.8, 4) is 0 Å². The van der Waals surface area contributed by atoms with Gasteiger partial charge < -0.3 is 26.1 Å². The number of hydrogen-bond donors (Lipinski definition) is 4. The van der Waals surface area contributed by atoms with E-state index in [0.717, 1.165) is 16.2 Å². The number of thiazole rings is 1. The van der Waals surface area contributed by atoms with Gasteiger partial charge in [-0.25, -0.2) is 9.78 Å². The van der Waals surface area contributed by atoms with Crippen LogP contribution in [0.1, 0.15) is 5.69 Å². The molecule has 0 aliphatic carbocycles. The molecular formula is C16H17N5O6S2. The van der Waals surface area contributed by atoms with Crippen LogP contribution in [0, 0.1) is 0 Å². The number of fused-ring (bicyclic) bond motifs is 1. The van der Waals surface area contributed by atoms with Crippen molar-refractivity contribution in [3.05, 3.63) is 35.0 Å². The molecule has 0 radical (unpaired) electrons. The predicted octanol–water partition coefficient (Wildman–Crippen LogP) is -0.637. The Kier molecular flexibility index (Phi) is 6.20. The van der Waals surface area contributed by atoms with Gasteiger partial charge in [0.2, 0.25) is 0 Å². The Balaban J connectivity index is 1.79. The maximum atomic E-state index is 12.7. The lowest BCUT2D eigenvalue weighted by Gasteiger charge is -2.49. The Morgan fingerprint density at radius 1 is 1.55 bits per heavy atom. The fourth-order valence-corrected chi connectivity index (χ4v) is 4.65. The van der Waals surface area contributed by atoms with Crippen molar-refractivity contribution in [2.24, 2.45) is 5.16 Å². The zero-order valence-electron chi connectivity index (χ0n) is 14.9. The summed E-state index contributed by atoms with van der Waals surface area (Å²) in [7, 11) is 0. The summed E-state index contributed by atoms with van der Waals surface area (Å²) in [5.74, 6) is -2.39. The summed E-state index contributed by atoms with van der Waals surface area (Å²) in [6, 6.07) is -0.956. The number of rotatable bonds is 8. The van der Waals surface area contributed by atoms with Crippen molar-refractivity contribution in [1.82, 2.24) is 15.2 Å². The first-order valence-corrected chi connectivity index (χ1v) is 10.2. The van der Waals surface area contributed by atoms with Crippen molar-refractivity contribution in [1.29, 1.82) is 0 Å². The van der Waals surface area contributed by atoms with Crippen LogP contribution in [0.4, 0.5) is 5.13 Å². The third kappa shape index (κ3) is 3.97. The zero-order chi connectivity index (χ0) is 21.1. The molecule has 1 fully saturated rings. The number of nitrogens with two attached hydrogens (primary N) is 1. The molecule has 2 aliphatic heterocycles. The number of nitrogens with zero attached hydrogens (tertiary/aromatic N) is 3. The fraction of sp³-hybridized carbons (Fsp3) is 0.312. The Morgan fingerprint density at radius 3 is 2.90 bits per heavy atom. The Labute approximate surface area is 172 Å². The van der Waals surface area contributed by atoms with E-state index in [1.165, 1.54) is 23.2 Å². The van der Waals surface area contributed by atoms with Gasteiger partial charge in [0, 0.05) is 11.1 Å². The highest BCUT2D eigenvalue weighted by Crippen LogP contribution is 2.40. The molecular weight excluding hydrogens is 422 g/mol. The summed E-state index contributed by atoms with van der Waals surface area (Å²) in [5.41, 5.74) is 5.62. The van der Waals surface area contributed by atoms with Gasteiger partial charge in [0.05, 0.1) is 6.61 Å². The van der Waals surface area contributed by atoms with E-state index in [4.69, 9.17) is 10.6 Å². The van der Waals surface area contributed by atoms with Gasteiger partial charge in [-0.05, 0) is 5.57 Å². The first-order valence-electron chi connectivity index (χ1n) is 8.23. The maximum absolute atomic E-state index is 12.7. The molecule has 0 spiro atoms. The SMILES string of the molecule is C=CCON=C(C(=O)N[C@@H]1C(=O)N2C(C(=O)O)=C(CO)CS[C@@H]12)c1csc(N)n1. The number of aliphatic hydroxyl groups excluding tert-OH is 1. The Hall–Kier alpha value is -2.90. The summed E-state index contributed by atoms with van der Waals surface area (Å²) in [6.45, 7) is 3.08. The molecule has 0 unspecified atom stereocenters. The monoisotopic (exact) mass is 439 g/mol. The number of β-lactam (4-membered cyclic amide) rings is 1. The molecule has 0 aromatic carbocycles. The molecule has 13 heteroatoms. The van der Waals surface area contributed by atoms with Gasteiger partial charge in [-0.2, -0.15) is 0 Å². The standard InChI is InChI=1S/C16H17N5O6S2/c1-2-3-27-20-9(8-6-29-16(17)18-8)12(23)19-10-13(24)21-11(15(25)26)7(4-22)5-28-14(10)21/h2,6,10,14,22H,1,3-5H2,(H2,17,18)(H,19,23)(H,25,26)/t10-,14+/m1/s1. The number of oxime groups is 1. The van der Waals surface area contributed by atoms with E-state index in [9.17, 15) is 24.6 Å². The molecule has 0 bridgehead atoms. The molecule has 2 amide bonds. The second-order valence-electron chi connectivity index (χ2n) is 5.87. The minimum atomic E-state index is -1.31. The summed E-state index contributed by atoms with van der Waals surface area (Å²) in [6.07, 6.45) is 1.44. The van der Waals surface area contributed by atoms with E-state index < -0.39 is 35.8 Å². The van der Waals surface area contributed by atoms with Crippen LogP contribution in [-0.4, -0.2) is 74.0 Å². The van der Waals surface area contributed by atoms with Crippen molar-refractivity contribution in [3.63, 3.8) is 0 Å². The average molecular weight is 439 g/mol. The van der Waals surface area contributed by atoms with Gasteiger partial charge in [0.15, 0.2) is 10.8 Å². The number of carboxylic acid groups (broad SMARTS) is 1. The van der Waals surface area contributed by atoms with Gasteiger partial charge in [0.1, 0.15) is 29.4 Å². The van der Waals surface area contributed by atoms with Gasteiger partial charge in [-0.1, -0.05) is 17.8 Å². The minimum Gasteiger partial charge on any atom is -0.477 e. The van der Waals surface area contributed by atoms with Gasteiger partial charge in [-0.3, -0.25) is 14.5 Å². The quantitative estimate of drug-likeness (QED) is 0.135. The van der Waals surface area contributed by atoms with Crippen LogP contribution in [0.3, 0.4) is 0 Å². The van der Waals surface area contributed by atoms with E-state index >= 15 is 0 Å². The van der Waals surface area contributed by atoms with E-state index in [1.807, 2.05) is 0 Å². The van der Waals surface area contributed by atoms with E-state index in [2.05, 4.69) is 22.0 Å². The number of carbonyl (C=O) groups is 3. The summed E-state index contributed by atoms with van der Waals surface area (Å²) in [5, 5.41) is 26.2. The van der Waals surface area contributed by atoms with Gasteiger partial charge >= 0.3 is 5.97 Å². The number of carbonyl (C=O) groups excluding carboxylic acids is 2. The molecule has 2 atom stereocenters. The summed E-state index contributed by atoms with van der Waals surface area (Å²) in [4.78, 5) is 46.8. The maximum Gasteiger partial charge on any atom is 0.352 e. The van der Waals surface area contributed by atoms with Crippen LogP contribution >= 0.6 is 23.1 Å². The topological polar surface area (TPSA) is 167 Å². The normalized spacial score (nSPS) is 21.3. The zero-order valence-corrected chi connectivity index (χ0v) is 16.5. The van der Waals surface area contributed by atoms with E-state index in [0.29, 0.717) is 0 Å². The van der Waals surface area contributed by atoms with E-state index in [1.54, 1.807) is 0 Å². The van der Waals surface area contributed by atoms with Crippen LogP contribution in [0.25, 0.3) is 0 Å². The number of hydrogen-bond acceptors (Lipinski definition) is 10. The molecule has 154 valence electrons. The van der Waals surface area contributed by atoms with Gasteiger partial charge in [-0.15, -0.1) is 23.1 Å². The van der Waals surface area contributed by atoms with Crippen molar-refractivity contribution in [2.75, 3.05) is 24.7 Å². The lowest BCUT2D eigenvalue weighted by atomic mass is 10.0. The first-order chi connectivity index (χ1) is 13.9. The number of amides is 2. The second kappa shape index (κ2) is 8.63. The molecule has 1 aromatic heterocycles. The molecule has 3 heterocycles. The Bertz CT molecular complexity index is 927. The number of carboxylic acids is 1. The lowest BCUT2D eigenvalue weighted by molar-refractivity contribution is -0.150. The molecule has 5 N–H and O–H groups in total. The van der Waals surface area contributed by atoms with E-state index in [-0.39, 0.29) is 40.2 Å². The number of anilines is 1. The van der Waals surface area contributed by atoms with Crippen LogP contribution in [-0.2, 0) is 19.2 Å². The summed E-state index contributed by atoms with van der Waals surface area (Å²) < 4.78 is 0. The number of thioether (sulfide) groups is 1. The van der Waals surface area contributed by atoms with Crippen LogP contribution < -0.4 is 11.1 Å². The highest BCUT2D eigenvalue weighted by Gasteiger charge is 2.54. The molecule has 1 saturated heterocycles. The molecule has 2 aliphatic rings. The number of nitrogens with one attached hydrogen (secondary N) is 1. The Morgan fingerprint density at radius 2 is 2.31 bits per heavy atom. The van der Waals surface area contributed by atoms with Crippen molar-refractivity contribution >= 4 is 51.7 Å². The lowest BCUT2D eigenvalue weighted by Crippen LogP contribution is -2.71. The molecule has 3 rings (SSSR count). The number of nitrogen functional groups attached to an aromatic ring is 1. The number of aliphatic hydroxyl groups is 1. The minimum absolute atomic E-state index is 0.0573. The largest absolute Gasteiger partial charge is 0.477 e. The van der Waals surface area contributed by atoms with Crippen LogP contribution in [0.5, 0.6) is 0 Å². The highest BCUT2D eigenvalue weighted by molar-refractivity contribution is 8.00. The van der Waals surface area contributed by atoms with Gasteiger partial charge in [0.25, 0.3) is 11.8 Å². The van der Waals surface area contributed by atoms with Crippen molar-refractivity contribution in [2.45, 2.75) is 11.4 Å². The highest BCUT2D eigenvalue weighted by atomic mass is 32.2. The van der Waals surface area contributed by atoms with Crippen LogP contribution in [0.15, 0.2) is 34.5 Å². The summed E-state index contributed by atoms with van der Waals surface area (Å²) >= 11 is 2.35. The third-order valence-electron chi connectivity index (χ3n) is 4.06. The predicted molar refractivity (Wildman–Crippen MR) is 106 cm³/mol. The molecule has 29 heavy (non-hydrogen) atoms. The smallest absolute Gasteiger partial charge is 0.352 e.